The molecule has 0 radical (unpaired) electrons. The number of hydrogen-bond donors (Lipinski definition) is 1. The number of hydrogen-bond acceptors (Lipinski definition) is 1. The molecule has 2 nitrogen and oxygen atoms in total. The van der Waals surface area contributed by atoms with Crippen molar-refractivity contribution < 1.29 is 9.18 Å². The number of rotatable bonds is 3. The Morgan fingerprint density at radius 2 is 2.20 bits per heavy atom. The number of carbonyl (C=O) groups is 1. The number of amides is 1. The lowest BCUT2D eigenvalue weighted by molar-refractivity contribution is -0.130. The molecule has 0 aliphatic rings. The van der Waals surface area contributed by atoms with Crippen LogP contribution in [0, 0.1) is 0 Å². The van der Waals surface area contributed by atoms with Gasteiger partial charge in [0, 0.05) is 12.4 Å². The lowest BCUT2D eigenvalue weighted by Crippen LogP contribution is -2.39. The molecule has 0 rings (SSSR count). The van der Waals surface area contributed by atoms with Crippen LogP contribution in [0.1, 0.15) is 13.8 Å². The van der Waals surface area contributed by atoms with Crippen LogP contribution in [0.15, 0.2) is 0 Å². The first-order valence-electron chi connectivity index (χ1n) is 3.01. The molecule has 0 unspecified atom stereocenters. The molecule has 10 heavy (non-hydrogen) atoms. The fraction of sp³-hybridized carbons (Fsp3) is 0.833. The van der Waals surface area contributed by atoms with Crippen LogP contribution in [0.2, 0.25) is 0 Å². The Bertz CT molecular complexity index is 121. The molecule has 0 heterocycles. The third-order valence-corrected chi connectivity index (χ3v) is 1.11. The first-order valence-corrected chi connectivity index (χ1v) is 3.55. The van der Waals surface area contributed by atoms with Gasteiger partial charge in [-0.25, -0.2) is 4.39 Å². The van der Waals surface area contributed by atoms with E-state index in [1.54, 1.807) is 0 Å². The summed E-state index contributed by atoms with van der Waals surface area (Å²) < 4.78 is 12.7. The Hall–Kier alpha value is -0.310. The SMILES string of the molecule is CC(C)(F)C(=O)NCCCl. The molecule has 0 fully saturated rings. The number of carbonyl (C=O) groups excluding carboxylic acids is 1. The number of alkyl halides is 2. The van der Waals surface area contributed by atoms with Gasteiger partial charge >= 0.3 is 0 Å². The van der Waals surface area contributed by atoms with Crippen molar-refractivity contribution in [3.8, 4) is 0 Å². The Morgan fingerprint density at radius 1 is 1.70 bits per heavy atom. The Balaban J connectivity index is 3.64. The zero-order valence-corrected chi connectivity index (χ0v) is 6.83. The summed E-state index contributed by atoms with van der Waals surface area (Å²) in [6.07, 6.45) is 0. The number of halogens is 2. The molecule has 0 aromatic carbocycles. The quantitative estimate of drug-likeness (QED) is 0.627. The summed E-state index contributed by atoms with van der Waals surface area (Å²) in [7, 11) is 0. The lowest BCUT2D eigenvalue weighted by Gasteiger charge is -2.12. The molecule has 4 heteroatoms. The first kappa shape index (κ1) is 9.69. The standard InChI is InChI=1S/C6H11ClFNO/c1-6(2,8)5(10)9-4-3-7/h3-4H2,1-2H3,(H,9,10). The minimum absolute atomic E-state index is 0.307. The Morgan fingerprint density at radius 3 is 2.50 bits per heavy atom. The molecule has 0 saturated carbocycles. The summed E-state index contributed by atoms with van der Waals surface area (Å²) in [5.41, 5.74) is -1.80. The fourth-order valence-corrected chi connectivity index (χ4v) is 0.465. The van der Waals surface area contributed by atoms with E-state index in [2.05, 4.69) is 5.32 Å². The van der Waals surface area contributed by atoms with E-state index >= 15 is 0 Å². The second kappa shape index (κ2) is 3.76. The van der Waals surface area contributed by atoms with Gasteiger partial charge in [0.25, 0.3) is 5.91 Å². The molecule has 0 bridgehead atoms. The molecule has 1 N–H and O–H groups in total. The molecule has 0 aromatic heterocycles. The van der Waals surface area contributed by atoms with Gasteiger partial charge in [0.2, 0.25) is 0 Å². The van der Waals surface area contributed by atoms with Gasteiger partial charge in [-0.05, 0) is 13.8 Å². The van der Waals surface area contributed by atoms with Crippen LogP contribution in [0.3, 0.4) is 0 Å². The van der Waals surface area contributed by atoms with Gasteiger partial charge < -0.3 is 5.32 Å². The molecule has 60 valence electrons. The number of nitrogens with one attached hydrogen (secondary N) is 1. The largest absolute Gasteiger partial charge is 0.352 e. The smallest absolute Gasteiger partial charge is 0.257 e. The molecule has 1 amide bonds. The maximum Gasteiger partial charge on any atom is 0.257 e. The van der Waals surface area contributed by atoms with Crippen LogP contribution >= 0.6 is 11.6 Å². The van der Waals surface area contributed by atoms with E-state index in [4.69, 9.17) is 11.6 Å². The van der Waals surface area contributed by atoms with Gasteiger partial charge in [0.15, 0.2) is 5.67 Å². The monoisotopic (exact) mass is 167 g/mol. The summed E-state index contributed by atoms with van der Waals surface area (Å²) in [4.78, 5) is 10.7. The predicted octanol–water partition coefficient (Wildman–Crippen LogP) is 1.09. The maximum absolute atomic E-state index is 12.7. The summed E-state index contributed by atoms with van der Waals surface area (Å²) in [5, 5.41) is 2.33. The van der Waals surface area contributed by atoms with Crippen molar-refractivity contribution in [2.75, 3.05) is 12.4 Å². The summed E-state index contributed by atoms with van der Waals surface area (Å²) in [5.74, 6) is -0.310. The normalized spacial score (nSPS) is 11.2. The minimum Gasteiger partial charge on any atom is -0.352 e. The average Bonchev–Trinajstić information content (AvgIpc) is 1.80. The van der Waals surface area contributed by atoms with E-state index in [-0.39, 0.29) is 0 Å². The minimum atomic E-state index is -1.80. The zero-order chi connectivity index (χ0) is 8.20. The fourth-order valence-electron chi connectivity index (χ4n) is 0.371. The van der Waals surface area contributed by atoms with Crippen LogP contribution in [-0.4, -0.2) is 24.0 Å². The molecule has 0 spiro atoms. The van der Waals surface area contributed by atoms with Gasteiger partial charge in [-0.15, -0.1) is 11.6 Å². The van der Waals surface area contributed by atoms with Crippen LogP contribution in [0.25, 0.3) is 0 Å². The van der Waals surface area contributed by atoms with Crippen LogP contribution in [0.5, 0.6) is 0 Å². The van der Waals surface area contributed by atoms with Crippen LogP contribution in [-0.2, 0) is 4.79 Å². The van der Waals surface area contributed by atoms with Gasteiger partial charge in [0.05, 0.1) is 0 Å². The van der Waals surface area contributed by atoms with Crippen molar-refractivity contribution in [1.82, 2.24) is 5.32 Å². The topological polar surface area (TPSA) is 29.1 Å². The van der Waals surface area contributed by atoms with E-state index in [0.29, 0.717) is 12.4 Å². The highest BCUT2D eigenvalue weighted by molar-refractivity contribution is 6.18. The van der Waals surface area contributed by atoms with Gasteiger partial charge in [-0.2, -0.15) is 0 Å². The molecular weight excluding hydrogens is 157 g/mol. The Kier molecular flexibility index (Phi) is 3.64. The average molecular weight is 168 g/mol. The first-order chi connectivity index (χ1) is 4.48. The van der Waals surface area contributed by atoms with Gasteiger partial charge in [0.1, 0.15) is 0 Å². The van der Waals surface area contributed by atoms with E-state index in [9.17, 15) is 9.18 Å². The molecule has 0 aromatic rings. The van der Waals surface area contributed by atoms with Crippen LogP contribution < -0.4 is 5.32 Å². The molecule has 0 aliphatic heterocycles. The second-order valence-electron chi connectivity index (χ2n) is 2.42. The zero-order valence-electron chi connectivity index (χ0n) is 6.08. The molecule has 0 saturated heterocycles. The molecule has 0 atom stereocenters. The van der Waals surface area contributed by atoms with E-state index in [0.717, 1.165) is 0 Å². The van der Waals surface area contributed by atoms with Crippen molar-refractivity contribution in [2.24, 2.45) is 0 Å². The van der Waals surface area contributed by atoms with Crippen molar-refractivity contribution in [3.63, 3.8) is 0 Å². The summed E-state index contributed by atoms with van der Waals surface area (Å²) in [6.45, 7) is 2.72. The van der Waals surface area contributed by atoms with E-state index in [1.807, 2.05) is 0 Å². The van der Waals surface area contributed by atoms with Gasteiger partial charge in [-0.1, -0.05) is 0 Å². The third-order valence-electron chi connectivity index (χ3n) is 0.920. The van der Waals surface area contributed by atoms with E-state index in [1.165, 1.54) is 13.8 Å². The highest BCUT2D eigenvalue weighted by atomic mass is 35.5. The van der Waals surface area contributed by atoms with Crippen molar-refractivity contribution in [1.29, 1.82) is 0 Å². The van der Waals surface area contributed by atoms with Crippen LogP contribution in [0.4, 0.5) is 4.39 Å². The van der Waals surface area contributed by atoms with Crippen molar-refractivity contribution in [2.45, 2.75) is 19.5 Å². The molecule has 0 aliphatic carbocycles. The second-order valence-corrected chi connectivity index (χ2v) is 2.80. The van der Waals surface area contributed by atoms with Crippen molar-refractivity contribution in [3.05, 3.63) is 0 Å². The highest BCUT2D eigenvalue weighted by Crippen LogP contribution is 2.06. The predicted molar refractivity (Wildman–Crippen MR) is 38.9 cm³/mol. The highest BCUT2D eigenvalue weighted by Gasteiger charge is 2.25. The Labute approximate surface area is 64.7 Å². The summed E-state index contributed by atoms with van der Waals surface area (Å²) in [6, 6.07) is 0. The third kappa shape index (κ3) is 3.67. The van der Waals surface area contributed by atoms with Gasteiger partial charge in [-0.3, -0.25) is 4.79 Å². The molecular formula is C6H11ClFNO. The van der Waals surface area contributed by atoms with E-state index < -0.39 is 11.6 Å². The summed E-state index contributed by atoms with van der Waals surface area (Å²) >= 11 is 5.26. The van der Waals surface area contributed by atoms with Crippen molar-refractivity contribution >= 4 is 17.5 Å². The maximum atomic E-state index is 12.7. The lowest BCUT2D eigenvalue weighted by atomic mass is 10.1.